The molecular formula is C18H16N4O5S. The predicted octanol–water partition coefficient (Wildman–Crippen LogP) is 1.32. The highest BCUT2D eigenvalue weighted by atomic mass is 32.1. The Morgan fingerprint density at radius 2 is 2.14 bits per heavy atom. The van der Waals surface area contributed by atoms with Crippen molar-refractivity contribution in [2.45, 2.75) is 20.0 Å². The van der Waals surface area contributed by atoms with E-state index in [1.54, 1.807) is 25.1 Å². The van der Waals surface area contributed by atoms with Gasteiger partial charge in [-0.3, -0.25) is 14.4 Å². The summed E-state index contributed by atoms with van der Waals surface area (Å²) in [6.07, 6.45) is 0.0300. The maximum Gasteiger partial charge on any atom is 0.308 e. The number of rotatable bonds is 5. The van der Waals surface area contributed by atoms with Gasteiger partial charge in [0.25, 0.3) is 11.5 Å². The maximum absolute atomic E-state index is 12.1. The Balaban J connectivity index is 1.37. The lowest BCUT2D eigenvalue weighted by Crippen LogP contribution is -2.40. The van der Waals surface area contributed by atoms with E-state index in [0.717, 1.165) is 0 Å². The molecule has 144 valence electrons. The molecule has 0 spiro atoms. The molecule has 28 heavy (non-hydrogen) atoms. The predicted molar refractivity (Wildman–Crippen MR) is 101 cm³/mol. The molecule has 0 unspecified atom stereocenters. The molecule has 10 heteroatoms. The van der Waals surface area contributed by atoms with E-state index in [0.29, 0.717) is 27.1 Å². The highest BCUT2D eigenvalue weighted by Gasteiger charge is 2.25. The summed E-state index contributed by atoms with van der Waals surface area (Å²) in [6, 6.07) is 8.56. The van der Waals surface area contributed by atoms with Gasteiger partial charge in [0.1, 0.15) is 12.4 Å². The van der Waals surface area contributed by atoms with Crippen LogP contribution in [0.1, 0.15) is 17.1 Å². The van der Waals surface area contributed by atoms with E-state index in [4.69, 9.17) is 9.47 Å². The Morgan fingerprint density at radius 3 is 3.00 bits per heavy atom. The molecule has 0 aliphatic carbocycles. The molecule has 0 saturated carbocycles. The van der Waals surface area contributed by atoms with Crippen molar-refractivity contribution in [3.05, 3.63) is 51.4 Å². The van der Waals surface area contributed by atoms with Gasteiger partial charge in [-0.1, -0.05) is 23.5 Å². The highest BCUT2D eigenvalue weighted by Crippen LogP contribution is 2.31. The standard InChI is InChI=1S/C18H16N4O5S/c1-11-8-15(23)22-18(19-11)28-14(20-22)9-27-17(25)6-7-21-12-4-2-3-5-13(12)26-10-16(21)24/h2-5,8H,6-7,9-10H2,1H3. The molecule has 2 aromatic heterocycles. The average Bonchev–Trinajstić information content (AvgIpc) is 3.09. The number of carbonyl (C=O) groups is 2. The van der Waals surface area contributed by atoms with Gasteiger partial charge in [-0.25, -0.2) is 4.98 Å². The van der Waals surface area contributed by atoms with E-state index < -0.39 is 5.97 Å². The van der Waals surface area contributed by atoms with E-state index in [2.05, 4.69) is 10.1 Å². The normalized spacial score (nSPS) is 13.3. The van der Waals surface area contributed by atoms with Crippen molar-refractivity contribution in [2.24, 2.45) is 0 Å². The van der Waals surface area contributed by atoms with Gasteiger partial charge in [0.05, 0.1) is 12.1 Å². The largest absolute Gasteiger partial charge is 0.482 e. The molecule has 3 heterocycles. The van der Waals surface area contributed by atoms with Gasteiger partial charge in [0, 0.05) is 18.3 Å². The molecule has 0 atom stereocenters. The van der Waals surface area contributed by atoms with Gasteiger partial charge in [0.15, 0.2) is 11.6 Å². The van der Waals surface area contributed by atoms with Crippen molar-refractivity contribution in [1.82, 2.24) is 14.6 Å². The minimum atomic E-state index is -0.465. The Kier molecular flexibility index (Phi) is 4.78. The number of hydrogen-bond donors (Lipinski definition) is 0. The van der Waals surface area contributed by atoms with E-state index in [1.807, 2.05) is 6.07 Å². The summed E-state index contributed by atoms with van der Waals surface area (Å²) in [5, 5.41) is 4.59. The number of ether oxygens (including phenoxy) is 2. The molecule has 1 aliphatic heterocycles. The quantitative estimate of drug-likeness (QED) is 0.595. The van der Waals surface area contributed by atoms with Gasteiger partial charge in [0.2, 0.25) is 4.96 Å². The number of hydrogen-bond acceptors (Lipinski definition) is 8. The number of benzene rings is 1. The second kappa shape index (κ2) is 7.39. The lowest BCUT2D eigenvalue weighted by Gasteiger charge is -2.28. The smallest absolute Gasteiger partial charge is 0.308 e. The molecule has 1 amide bonds. The zero-order valence-electron chi connectivity index (χ0n) is 15.0. The van der Waals surface area contributed by atoms with Crippen molar-refractivity contribution < 1.29 is 19.1 Å². The minimum absolute atomic E-state index is 0.0300. The molecule has 0 N–H and O–H groups in total. The first-order chi connectivity index (χ1) is 13.5. The summed E-state index contributed by atoms with van der Waals surface area (Å²) in [6.45, 7) is 1.81. The summed E-state index contributed by atoms with van der Waals surface area (Å²) in [7, 11) is 0. The number of nitrogens with zero attached hydrogens (tertiary/aromatic N) is 4. The van der Waals surface area contributed by atoms with Gasteiger partial charge < -0.3 is 14.4 Å². The van der Waals surface area contributed by atoms with Crippen molar-refractivity contribution in [2.75, 3.05) is 18.1 Å². The topological polar surface area (TPSA) is 103 Å². The molecule has 0 saturated heterocycles. The molecule has 0 radical (unpaired) electrons. The number of carbonyl (C=O) groups excluding carboxylic acids is 2. The van der Waals surface area contributed by atoms with Crippen LogP contribution in [-0.4, -0.2) is 39.6 Å². The van der Waals surface area contributed by atoms with Gasteiger partial charge in [-0.15, -0.1) is 0 Å². The zero-order chi connectivity index (χ0) is 19.7. The number of aromatic nitrogens is 3. The zero-order valence-corrected chi connectivity index (χ0v) is 15.8. The summed E-state index contributed by atoms with van der Waals surface area (Å²) >= 11 is 1.19. The van der Waals surface area contributed by atoms with Crippen LogP contribution >= 0.6 is 11.3 Å². The molecule has 4 rings (SSSR count). The Morgan fingerprint density at radius 1 is 1.32 bits per heavy atom. The first kappa shape index (κ1) is 18.1. The van der Waals surface area contributed by atoms with Crippen LogP contribution in [0.3, 0.4) is 0 Å². The molecule has 0 fully saturated rings. The first-order valence-electron chi connectivity index (χ1n) is 8.55. The number of esters is 1. The maximum atomic E-state index is 12.1. The van der Waals surface area contributed by atoms with E-state index in [-0.39, 0.29) is 37.6 Å². The number of para-hydroxylation sites is 2. The minimum Gasteiger partial charge on any atom is -0.482 e. The van der Waals surface area contributed by atoms with Crippen molar-refractivity contribution in [3.63, 3.8) is 0 Å². The number of aryl methyl sites for hydroxylation is 1. The van der Waals surface area contributed by atoms with E-state index in [9.17, 15) is 14.4 Å². The monoisotopic (exact) mass is 400 g/mol. The summed E-state index contributed by atoms with van der Waals surface area (Å²) < 4.78 is 11.8. The van der Waals surface area contributed by atoms with Crippen LogP contribution in [-0.2, 0) is 20.9 Å². The Bertz CT molecular complexity index is 1120. The van der Waals surface area contributed by atoms with Crippen LogP contribution in [0.25, 0.3) is 4.96 Å². The van der Waals surface area contributed by atoms with Crippen LogP contribution in [0.5, 0.6) is 5.75 Å². The third-order valence-electron chi connectivity index (χ3n) is 4.12. The highest BCUT2D eigenvalue weighted by molar-refractivity contribution is 7.16. The van der Waals surface area contributed by atoms with E-state index in [1.165, 1.54) is 26.8 Å². The van der Waals surface area contributed by atoms with Gasteiger partial charge in [-0.2, -0.15) is 9.61 Å². The summed E-state index contributed by atoms with van der Waals surface area (Å²) in [5.74, 6) is -0.0656. The summed E-state index contributed by atoms with van der Waals surface area (Å²) in [5.41, 5.74) is 0.965. The van der Waals surface area contributed by atoms with Crippen molar-refractivity contribution in [1.29, 1.82) is 0 Å². The van der Waals surface area contributed by atoms with Gasteiger partial charge in [-0.05, 0) is 19.1 Å². The van der Waals surface area contributed by atoms with Crippen molar-refractivity contribution >= 4 is 33.9 Å². The molecule has 1 aromatic carbocycles. The fourth-order valence-corrected chi connectivity index (χ4v) is 3.69. The first-order valence-corrected chi connectivity index (χ1v) is 9.37. The SMILES string of the molecule is Cc1cc(=O)n2nc(COC(=O)CCN3C(=O)COc4ccccc43)sc2n1. The number of amides is 1. The fraction of sp³-hybridized carbons (Fsp3) is 0.278. The molecule has 1 aliphatic rings. The lowest BCUT2D eigenvalue weighted by molar-refractivity contribution is -0.144. The van der Waals surface area contributed by atoms with Crippen molar-refractivity contribution in [3.8, 4) is 5.75 Å². The van der Waals surface area contributed by atoms with Crippen LogP contribution < -0.4 is 15.2 Å². The van der Waals surface area contributed by atoms with Crippen LogP contribution in [0, 0.1) is 6.92 Å². The van der Waals surface area contributed by atoms with Crippen LogP contribution in [0.4, 0.5) is 5.69 Å². The van der Waals surface area contributed by atoms with Gasteiger partial charge >= 0.3 is 5.97 Å². The van der Waals surface area contributed by atoms with Crippen LogP contribution in [0.15, 0.2) is 35.1 Å². The number of fused-ring (bicyclic) bond motifs is 2. The average molecular weight is 400 g/mol. The molecule has 9 nitrogen and oxygen atoms in total. The second-order valence-corrected chi connectivity index (χ2v) is 7.18. The Hall–Kier alpha value is -3.27. The fourth-order valence-electron chi connectivity index (χ4n) is 2.83. The number of anilines is 1. The van der Waals surface area contributed by atoms with E-state index >= 15 is 0 Å². The Labute approximate surface area is 163 Å². The third kappa shape index (κ3) is 3.58. The molecule has 0 bridgehead atoms. The second-order valence-electron chi connectivity index (χ2n) is 6.14. The van der Waals surface area contributed by atoms with Crippen LogP contribution in [0.2, 0.25) is 0 Å². The molecular weight excluding hydrogens is 384 g/mol. The third-order valence-corrected chi connectivity index (χ3v) is 5.00. The summed E-state index contributed by atoms with van der Waals surface area (Å²) in [4.78, 5) is 42.3. The molecule has 3 aromatic rings. The lowest BCUT2D eigenvalue weighted by atomic mass is 10.2.